The van der Waals surface area contributed by atoms with Gasteiger partial charge < -0.3 is 4.90 Å². The third-order valence-corrected chi connectivity index (χ3v) is 10.4. The second-order valence-electron chi connectivity index (χ2n) is 7.82. The molecule has 3 aromatic rings. The second-order valence-corrected chi connectivity index (χ2v) is 12.0. The molecule has 2 saturated heterocycles. The van der Waals surface area contributed by atoms with Gasteiger partial charge >= 0.3 is 0 Å². The highest BCUT2D eigenvalue weighted by Crippen LogP contribution is 2.38. The van der Waals surface area contributed by atoms with Crippen LogP contribution in [0.25, 0.3) is 10.2 Å². The highest BCUT2D eigenvalue weighted by atomic mass is 32.2. The van der Waals surface area contributed by atoms with Crippen LogP contribution in [0.2, 0.25) is 0 Å². The Morgan fingerprint density at radius 2 is 1.83 bits per heavy atom. The van der Waals surface area contributed by atoms with Crippen LogP contribution in [0.5, 0.6) is 0 Å². The molecule has 2 aromatic heterocycles. The Hall–Kier alpha value is -1.81. The first-order valence-electron chi connectivity index (χ1n) is 10.2. The smallest absolute Gasteiger partial charge is 0.252 e. The highest BCUT2D eigenvalue weighted by molar-refractivity contribution is 7.91. The average Bonchev–Trinajstić information content (AvgIpc) is 3.53. The molecule has 4 heterocycles. The van der Waals surface area contributed by atoms with Gasteiger partial charge in [-0.2, -0.15) is 4.31 Å². The van der Waals surface area contributed by atoms with Crippen molar-refractivity contribution in [2.45, 2.75) is 35.9 Å². The number of hydrogen-bond donors (Lipinski definition) is 0. The number of carbonyl (C=O) groups is 1. The molecule has 1 aromatic carbocycles. The number of rotatable bonds is 4. The molecule has 2 aliphatic heterocycles. The molecule has 0 unspecified atom stereocenters. The van der Waals surface area contributed by atoms with Crippen molar-refractivity contribution in [3.8, 4) is 0 Å². The Morgan fingerprint density at radius 1 is 1.03 bits per heavy atom. The molecule has 2 aliphatic rings. The van der Waals surface area contributed by atoms with Gasteiger partial charge in [-0.3, -0.25) is 4.79 Å². The second kappa shape index (κ2) is 8.03. The quantitative estimate of drug-likeness (QED) is 0.586. The summed E-state index contributed by atoms with van der Waals surface area (Å²) in [6.07, 6.45) is 3.08. The van der Waals surface area contributed by atoms with E-state index in [1.807, 2.05) is 23.1 Å². The van der Waals surface area contributed by atoms with Gasteiger partial charge in [0.15, 0.2) is 0 Å². The summed E-state index contributed by atoms with van der Waals surface area (Å²) in [4.78, 5) is 20.1. The lowest BCUT2D eigenvalue weighted by molar-refractivity contribution is -0.137. The van der Waals surface area contributed by atoms with E-state index in [9.17, 15) is 13.2 Å². The SMILES string of the molecule is O=C(C1CCN(S(=O)(=O)c2cccs2)CC1)N1CCC[C@@H]1c1nc2ccccc2s1. The molecule has 0 saturated carbocycles. The zero-order chi connectivity index (χ0) is 20.7. The summed E-state index contributed by atoms with van der Waals surface area (Å²) in [5.41, 5.74) is 0.990. The lowest BCUT2D eigenvalue weighted by Crippen LogP contribution is -2.44. The predicted molar refractivity (Wildman–Crippen MR) is 119 cm³/mol. The molecule has 6 nitrogen and oxygen atoms in total. The van der Waals surface area contributed by atoms with Crippen molar-refractivity contribution in [1.82, 2.24) is 14.2 Å². The van der Waals surface area contributed by atoms with E-state index in [2.05, 4.69) is 6.07 Å². The number of carbonyl (C=O) groups excluding carboxylic acids is 1. The van der Waals surface area contributed by atoms with Gasteiger partial charge in [0.05, 0.1) is 16.3 Å². The molecule has 0 radical (unpaired) electrons. The molecule has 158 valence electrons. The molecule has 30 heavy (non-hydrogen) atoms. The van der Waals surface area contributed by atoms with E-state index in [-0.39, 0.29) is 17.9 Å². The largest absolute Gasteiger partial charge is 0.333 e. The molecule has 0 aliphatic carbocycles. The Morgan fingerprint density at radius 3 is 2.57 bits per heavy atom. The monoisotopic (exact) mass is 461 g/mol. The average molecular weight is 462 g/mol. The van der Waals surface area contributed by atoms with Crippen LogP contribution in [0.15, 0.2) is 46.0 Å². The van der Waals surface area contributed by atoms with E-state index < -0.39 is 10.0 Å². The van der Waals surface area contributed by atoms with Gasteiger partial charge in [0.25, 0.3) is 10.0 Å². The van der Waals surface area contributed by atoms with E-state index in [4.69, 9.17) is 4.98 Å². The van der Waals surface area contributed by atoms with E-state index in [1.54, 1.807) is 28.8 Å². The number of thiazole rings is 1. The fourth-order valence-electron chi connectivity index (χ4n) is 4.43. The third kappa shape index (κ3) is 3.57. The number of aromatic nitrogens is 1. The number of sulfonamides is 1. The highest BCUT2D eigenvalue weighted by Gasteiger charge is 2.38. The fraction of sp³-hybridized carbons (Fsp3) is 0.429. The third-order valence-electron chi connectivity index (χ3n) is 6.02. The van der Waals surface area contributed by atoms with E-state index >= 15 is 0 Å². The van der Waals surface area contributed by atoms with Crippen LogP contribution in [0.1, 0.15) is 36.7 Å². The summed E-state index contributed by atoms with van der Waals surface area (Å²) in [7, 11) is -3.44. The summed E-state index contributed by atoms with van der Waals surface area (Å²) >= 11 is 2.91. The van der Waals surface area contributed by atoms with E-state index in [0.717, 1.165) is 34.6 Å². The summed E-state index contributed by atoms with van der Waals surface area (Å²) in [5, 5.41) is 2.79. The van der Waals surface area contributed by atoms with E-state index in [1.165, 1.54) is 15.6 Å². The molecule has 1 atom stereocenters. The van der Waals surface area contributed by atoms with Gasteiger partial charge in [0, 0.05) is 25.6 Å². The fourth-order valence-corrected chi connectivity index (χ4v) is 8.16. The topological polar surface area (TPSA) is 70.6 Å². The zero-order valence-electron chi connectivity index (χ0n) is 16.4. The minimum absolute atomic E-state index is 0.0442. The molecule has 0 bridgehead atoms. The molecule has 2 fully saturated rings. The van der Waals surface area contributed by atoms with Crippen LogP contribution in [0.3, 0.4) is 0 Å². The predicted octanol–water partition coefficient (Wildman–Crippen LogP) is 4.12. The molecular weight excluding hydrogens is 438 g/mol. The molecular formula is C21H23N3O3S3. The zero-order valence-corrected chi connectivity index (χ0v) is 18.9. The van der Waals surface area contributed by atoms with Crippen molar-refractivity contribution in [3.63, 3.8) is 0 Å². The van der Waals surface area contributed by atoms with Crippen LogP contribution < -0.4 is 0 Å². The van der Waals surface area contributed by atoms with Gasteiger partial charge in [-0.05, 0) is 49.3 Å². The van der Waals surface area contributed by atoms with Crippen LogP contribution in [-0.2, 0) is 14.8 Å². The maximum atomic E-state index is 13.3. The van der Waals surface area contributed by atoms with Gasteiger partial charge in [0.1, 0.15) is 9.22 Å². The number of amides is 1. The summed E-state index contributed by atoms with van der Waals surface area (Å²) < 4.78 is 28.5. The number of piperidine rings is 1. The molecule has 0 spiro atoms. The molecule has 5 rings (SSSR count). The maximum absolute atomic E-state index is 13.3. The number of fused-ring (bicyclic) bond motifs is 1. The number of likely N-dealkylation sites (tertiary alicyclic amines) is 1. The minimum Gasteiger partial charge on any atom is -0.333 e. The Kier molecular flexibility index (Phi) is 5.38. The van der Waals surface area contributed by atoms with Crippen molar-refractivity contribution in [2.75, 3.05) is 19.6 Å². The van der Waals surface area contributed by atoms with Crippen molar-refractivity contribution in [2.24, 2.45) is 5.92 Å². The summed E-state index contributed by atoms with van der Waals surface area (Å²) in [5.74, 6) is 0.0414. The first-order chi connectivity index (χ1) is 14.5. The Labute approximate surface area is 184 Å². The lowest BCUT2D eigenvalue weighted by atomic mass is 9.96. The number of benzene rings is 1. The van der Waals surface area contributed by atoms with Gasteiger partial charge in [-0.15, -0.1) is 22.7 Å². The van der Waals surface area contributed by atoms with Gasteiger partial charge in [0.2, 0.25) is 5.91 Å². The van der Waals surface area contributed by atoms with Crippen molar-refractivity contribution in [1.29, 1.82) is 0 Å². The first-order valence-corrected chi connectivity index (χ1v) is 13.4. The van der Waals surface area contributed by atoms with Crippen LogP contribution >= 0.6 is 22.7 Å². The standard InChI is InChI=1S/C21H23N3O3S3/c25-21(15-9-12-23(13-10-15)30(26,27)19-8-4-14-28-19)24-11-3-6-17(24)20-22-16-5-1-2-7-18(16)29-20/h1-2,4-5,7-8,14-15,17H,3,6,9-13H2/t17-/m1/s1. The van der Waals surface area contributed by atoms with Crippen LogP contribution in [0, 0.1) is 5.92 Å². The maximum Gasteiger partial charge on any atom is 0.252 e. The number of hydrogen-bond acceptors (Lipinski definition) is 6. The normalized spacial score (nSPS) is 21.5. The van der Waals surface area contributed by atoms with E-state index in [0.29, 0.717) is 30.1 Å². The number of thiophene rings is 1. The van der Waals surface area contributed by atoms with Crippen LogP contribution in [-0.4, -0.2) is 48.1 Å². The summed E-state index contributed by atoms with van der Waals surface area (Å²) in [6, 6.07) is 11.5. The molecule has 9 heteroatoms. The van der Waals surface area contributed by atoms with Crippen molar-refractivity contribution < 1.29 is 13.2 Å². The first kappa shape index (κ1) is 20.1. The number of nitrogens with zero attached hydrogens (tertiary/aromatic N) is 3. The van der Waals surface area contributed by atoms with Gasteiger partial charge in [-0.1, -0.05) is 18.2 Å². The van der Waals surface area contributed by atoms with Crippen molar-refractivity contribution in [3.05, 3.63) is 46.8 Å². The minimum atomic E-state index is -3.44. The number of para-hydroxylation sites is 1. The Bertz CT molecular complexity index is 1120. The lowest BCUT2D eigenvalue weighted by Gasteiger charge is -2.33. The Balaban J connectivity index is 1.28. The molecule has 0 N–H and O–H groups in total. The molecule has 1 amide bonds. The van der Waals surface area contributed by atoms with Crippen LogP contribution in [0.4, 0.5) is 0 Å². The summed E-state index contributed by atoms with van der Waals surface area (Å²) in [6.45, 7) is 1.56. The van der Waals surface area contributed by atoms with Gasteiger partial charge in [-0.25, -0.2) is 13.4 Å². The van der Waals surface area contributed by atoms with Crippen molar-refractivity contribution >= 4 is 48.8 Å².